The molecular formula is C17H28BrNO2. The van der Waals surface area contributed by atoms with Crippen molar-refractivity contribution in [2.24, 2.45) is 0 Å². The zero-order chi connectivity index (χ0) is 15.7. The van der Waals surface area contributed by atoms with Gasteiger partial charge >= 0.3 is 0 Å². The van der Waals surface area contributed by atoms with Crippen LogP contribution in [-0.4, -0.2) is 39.0 Å². The summed E-state index contributed by atoms with van der Waals surface area (Å²) in [5.41, 5.74) is 1.46. The molecule has 1 N–H and O–H groups in total. The van der Waals surface area contributed by atoms with Crippen molar-refractivity contribution in [2.45, 2.75) is 38.6 Å². The van der Waals surface area contributed by atoms with Gasteiger partial charge in [-0.2, -0.15) is 0 Å². The summed E-state index contributed by atoms with van der Waals surface area (Å²) in [5.74, 6) is 0.433. The molecule has 120 valence electrons. The highest BCUT2D eigenvalue weighted by Crippen LogP contribution is 2.27. The van der Waals surface area contributed by atoms with Gasteiger partial charge < -0.3 is 14.8 Å². The summed E-state index contributed by atoms with van der Waals surface area (Å²) < 4.78 is 11.8. The molecule has 0 aliphatic rings. The van der Waals surface area contributed by atoms with Crippen LogP contribution >= 0.6 is 15.9 Å². The van der Waals surface area contributed by atoms with E-state index in [1.54, 1.807) is 7.11 Å². The van der Waals surface area contributed by atoms with Gasteiger partial charge in [-0.15, -0.1) is 0 Å². The smallest absolute Gasteiger partial charge is 0.0700 e. The van der Waals surface area contributed by atoms with Crippen LogP contribution in [0.1, 0.15) is 38.7 Å². The monoisotopic (exact) mass is 357 g/mol. The van der Waals surface area contributed by atoms with E-state index in [2.05, 4.69) is 66.3 Å². The van der Waals surface area contributed by atoms with Gasteiger partial charge in [-0.3, -0.25) is 0 Å². The van der Waals surface area contributed by atoms with E-state index >= 15 is 0 Å². The summed E-state index contributed by atoms with van der Waals surface area (Å²) in [4.78, 5) is 0. The average Bonchev–Trinajstić information content (AvgIpc) is 2.42. The van der Waals surface area contributed by atoms with Crippen LogP contribution in [0.25, 0.3) is 0 Å². The molecule has 0 bridgehead atoms. The Morgan fingerprint density at radius 1 is 1.14 bits per heavy atom. The number of nitrogens with one attached hydrogen (secondary N) is 1. The normalized spacial score (nSPS) is 13.4. The molecule has 21 heavy (non-hydrogen) atoms. The topological polar surface area (TPSA) is 30.5 Å². The standard InChI is InChI=1S/C17H28BrNO2/c1-17(2,3)19-13-14(9-10-21-12-11-20-4)15-7-5-6-8-16(15)18/h5-8,14,19H,9-13H2,1-4H3. The van der Waals surface area contributed by atoms with Crippen LogP contribution in [0, 0.1) is 0 Å². The third kappa shape index (κ3) is 7.96. The van der Waals surface area contributed by atoms with Crippen molar-refractivity contribution in [2.75, 3.05) is 33.5 Å². The Hall–Kier alpha value is -0.420. The number of methoxy groups -OCH3 is 1. The molecule has 0 saturated carbocycles. The molecule has 1 unspecified atom stereocenters. The lowest BCUT2D eigenvalue weighted by atomic mass is 9.94. The van der Waals surface area contributed by atoms with Crippen molar-refractivity contribution in [1.29, 1.82) is 0 Å². The van der Waals surface area contributed by atoms with Crippen LogP contribution in [0.5, 0.6) is 0 Å². The zero-order valence-electron chi connectivity index (χ0n) is 13.6. The van der Waals surface area contributed by atoms with Crippen molar-refractivity contribution in [3.63, 3.8) is 0 Å². The SMILES string of the molecule is COCCOCCC(CNC(C)(C)C)c1ccccc1Br. The minimum atomic E-state index is 0.121. The second-order valence-electron chi connectivity index (χ2n) is 6.24. The van der Waals surface area contributed by atoms with Gasteiger partial charge in [0, 0.05) is 30.3 Å². The van der Waals surface area contributed by atoms with Crippen molar-refractivity contribution in [3.05, 3.63) is 34.3 Å². The third-order valence-corrected chi connectivity index (χ3v) is 3.99. The van der Waals surface area contributed by atoms with Crippen molar-refractivity contribution in [3.8, 4) is 0 Å². The van der Waals surface area contributed by atoms with E-state index in [-0.39, 0.29) is 5.54 Å². The Morgan fingerprint density at radius 2 is 1.86 bits per heavy atom. The first-order valence-electron chi connectivity index (χ1n) is 7.50. The molecule has 0 amide bonds. The van der Waals surface area contributed by atoms with Crippen LogP contribution in [0.15, 0.2) is 28.7 Å². The van der Waals surface area contributed by atoms with E-state index in [1.165, 1.54) is 10.0 Å². The quantitative estimate of drug-likeness (QED) is 0.678. The van der Waals surface area contributed by atoms with Gasteiger partial charge in [0.15, 0.2) is 0 Å². The maximum atomic E-state index is 5.63. The highest BCUT2D eigenvalue weighted by molar-refractivity contribution is 9.10. The van der Waals surface area contributed by atoms with Crippen LogP contribution < -0.4 is 5.32 Å². The lowest BCUT2D eigenvalue weighted by Gasteiger charge is -2.26. The molecule has 3 nitrogen and oxygen atoms in total. The second-order valence-corrected chi connectivity index (χ2v) is 7.10. The summed E-state index contributed by atoms with van der Waals surface area (Å²) in [6, 6.07) is 8.44. The fourth-order valence-electron chi connectivity index (χ4n) is 2.07. The Balaban J connectivity index is 2.60. The summed E-state index contributed by atoms with van der Waals surface area (Å²) >= 11 is 3.66. The van der Waals surface area contributed by atoms with Crippen molar-refractivity contribution in [1.82, 2.24) is 5.32 Å². The van der Waals surface area contributed by atoms with Crippen LogP contribution in [0.3, 0.4) is 0 Å². The van der Waals surface area contributed by atoms with Crippen molar-refractivity contribution < 1.29 is 9.47 Å². The Bertz CT molecular complexity index is 404. The molecule has 4 heteroatoms. The Labute approximate surface area is 137 Å². The van der Waals surface area contributed by atoms with Crippen LogP contribution in [-0.2, 0) is 9.47 Å². The largest absolute Gasteiger partial charge is 0.382 e. The summed E-state index contributed by atoms with van der Waals surface area (Å²) in [5, 5.41) is 3.60. The maximum Gasteiger partial charge on any atom is 0.0700 e. The van der Waals surface area contributed by atoms with E-state index < -0.39 is 0 Å². The summed E-state index contributed by atoms with van der Waals surface area (Å²) in [7, 11) is 1.69. The van der Waals surface area contributed by atoms with E-state index in [1.807, 2.05) is 0 Å². The second kappa shape index (κ2) is 9.57. The van der Waals surface area contributed by atoms with Gasteiger partial charge in [0.25, 0.3) is 0 Å². The molecule has 1 aromatic rings. The first kappa shape index (κ1) is 18.6. The zero-order valence-corrected chi connectivity index (χ0v) is 15.2. The van der Waals surface area contributed by atoms with Gasteiger partial charge in [-0.05, 0) is 44.7 Å². The summed E-state index contributed by atoms with van der Waals surface area (Å²) in [6.07, 6.45) is 0.995. The van der Waals surface area contributed by atoms with Crippen LogP contribution in [0.4, 0.5) is 0 Å². The fourth-order valence-corrected chi connectivity index (χ4v) is 2.68. The molecule has 0 aliphatic heterocycles. The molecule has 0 saturated heterocycles. The third-order valence-electron chi connectivity index (χ3n) is 3.27. The van der Waals surface area contributed by atoms with E-state index in [9.17, 15) is 0 Å². The molecule has 0 fully saturated rings. The minimum Gasteiger partial charge on any atom is -0.382 e. The molecule has 0 spiro atoms. The number of hydrogen-bond acceptors (Lipinski definition) is 3. The van der Waals surface area contributed by atoms with E-state index in [0.717, 1.165) is 19.6 Å². The molecule has 1 atom stereocenters. The van der Waals surface area contributed by atoms with E-state index in [4.69, 9.17) is 9.47 Å². The van der Waals surface area contributed by atoms with Crippen molar-refractivity contribution >= 4 is 15.9 Å². The number of rotatable bonds is 9. The van der Waals surface area contributed by atoms with Crippen LogP contribution in [0.2, 0.25) is 0 Å². The van der Waals surface area contributed by atoms with E-state index in [0.29, 0.717) is 19.1 Å². The first-order valence-corrected chi connectivity index (χ1v) is 8.29. The van der Waals surface area contributed by atoms with Gasteiger partial charge in [0.2, 0.25) is 0 Å². The van der Waals surface area contributed by atoms with Gasteiger partial charge in [0.1, 0.15) is 0 Å². The molecule has 1 rings (SSSR count). The predicted molar refractivity (Wildman–Crippen MR) is 92.0 cm³/mol. The molecule has 0 radical (unpaired) electrons. The van der Waals surface area contributed by atoms with Gasteiger partial charge in [-0.25, -0.2) is 0 Å². The molecule has 0 heterocycles. The van der Waals surface area contributed by atoms with Gasteiger partial charge in [0.05, 0.1) is 13.2 Å². The lowest BCUT2D eigenvalue weighted by molar-refractivity contribution is 0.0667. The highest BCUT2D eigenvalue weighted by Gasteiger charge is 2.17. The number of benzene rings is 1. The van der Waals surface area contributed by atoms with Gasteiger partial charge in [-0.1, -0.05) is 34.1 Å². The molecule has 0 aliphatic carbocycles. The Morgan fingerprint density at radius 3 is 2.48 bits per heavy atom. The molecular weight excluding hydrogens is 330 g/mol. The minimum absolute atomic E-state index is 0.121. The number of ether oxygens (including phenoxy) is 2. The highest BCUT2D eigenvalue weighted by atomic mass is 79.9. The fraction of sp³-hybridized carbons (Fsp3) is 0.647. The number of halogens is 1. The maximum absolute atomic E-state index is 5.63. The number of hydrogen-bond donors (Lipinski definition) is 1. The first-order chi connectivity index (χ1) is 9.94. The average molecular weight is 358 g/mol. The summed E-state index contributed by atoms with van der Waals surface area (Å²) in [6.45, 7) is 9.59. The predicted octanol–water partition coefficient (Wildman–Crippen LogP) is 3.97. The molecule has 0 aromatic heterocycles. The molecule has 1 aromatic carbocycles. The lowest BCUT2D eigenvalue weighted by Crippen LogP contribution is -2.38. The Kier molecular flexibility index (Phi) is 8.49.